The van der Waals surface area contributed by atoms with E-state index in [4.69, 9.17) is 0 Å². The minimum absolute atomic E-state index is 0.166. The Kier molecular flexibility index (Phi) is 3.22. The molecule has 1 aromatic rings. The molecule has 86 valence electrons. The van der Waals surface area contributed by atoms with E-state index in [-0.39, 0.29) is 15.6 Å². The van der Waals surface area contributed by atoms with Gasteiger partial charge in [-0.05, 0) is 29.8 Å². The number of rotatable bonds is 2. The number of halogens is 2. The van der Waals surface area contributed by atoms with E-state index in [0.29, 0.717) is 0 Å². The fourth-order valence-corrected chi connectivity index (χ4v) is 2.16. The molecule has 0 bridgehead atoms. The van der Waals surface area contributed by atoms with Crippen LogP contribution in [0.1, 0.15) is 11.1 Å². The summed E-state index contributed by atoms with van der Waals surface area (Å²) >= 11 is 2.73. The van der Waals surface area contributed by atoms with Crippen molar-refractivity contribution in [2.45, 2.75) is 13.8 Å². The van der Waals surface area contributed by atoms with Gasteiger partial charge in [0.2, 0.25) is 0 Å². The lowest BCUT2D eigenvalue weighted by molar-refractivity contribution is -0.396. The van der Waals surface area contributed by atoms with Crippen molar-refractivity contribution in [1.29, 1.82) is 0 Å². The van der Waals surface area contributed by atoms with Crippen molar-refractivity contribution in [3.05, 3.63) is 41.6 Å². The first-order chi connectivity index (χ1) is 7.29. The van der Waals surface area contributed by atoms with Crippen LogP contribution in [0.4, 0.5) is 15.8 Å². The number of hydrogen-bond acceptors (Lipinski definition) is 4. The number of hydrogen-bond donors (Lipinski definition) is 0. The molecule has 0 aromatic heterocycles. The number of benzene rings is 1. The maximum absolute atomic E-state index is 13.5. The van der Waals surface area contributed by atoms with Crippen molar-refractivity contribution in [3.63, 3.8) is 0 Å². The molecule has 6 nitrogen and oxygen atoms in total. The molecule has 16 heavy (non-hydrogen) atoms. The van der Waals surface area contributed by atoms with E-state index in [9.17, 15) is 24.6 Å². The van der Waals surface area contributed by atoms with Crippen LogP contribution in [0.2, 0.25) is 0 Å². The number of nitro groups is 2. The molecular weight excluding hydrogens is 287 g/mol. The van der Waals surface area contributed by atoms with Gasteiger partial charge in [-0.15, -0.1) is 0 Å². The summed E-state index contributed by atoms with van der Waals surface area (Å²) in [5.41, 5.74) is -1.57. The maximum atomic E-state index is 13.5. The quantitative estimate of drug-likeness (QED) is 0.619. The van der Waals surface area contributed by atoms with Crippen molar-refractivity contribution in [1.82, 2.24) is 0 Å². The molecule has 0 radical (unpaired) electrons. The molecule has 0 aliphatic heterocycles. The van der Waals surface area contributed by atoms with Gasteiger partial charge in [-0.3, -0.25) is 20.2 Å². The lowest BCUT2D eigenvalue weighted by Crippen LogP contribution is -2.04. The van der Waals surface area contributed by atoms with Gasteiger partial charge < -0.3 is 0 Å². The average Bonchev–Trinajstić information content (AvgIpc) is 2.13. The Balaban J connectivity index is 3.80. The van der Waals surface area contributed by atoms with Crippen LogP contribution in [-0.4, -0.2) is 9.85 Å². The second-order valence-electron chi connectivity index (χ2n) is 3.09. The molecule has 0 unspecified atom stereocenters. The standard InChI is InChI=1S/C8H6BrFN2O4/c1-3-6(10)5(9)8(12(15)16)4(2)7(3)11(13)14/h1-2H3. The molecule has 0 N–H and O–H groups in total. The highest BCUT2D eigenvalue weighted by molar-refractivity contribution is 9.10. The summed E-state index contributed by atoms with van der Waals surface area (Å²) in [4.78, 5) is 19.7. The van der Waals surface area contributed by atoms with Crippen molar-refractivity contribution < 1.29 is 14.2 Å². The zero-order chi connectivity index (χ0) is 12.6. The molecule has 0 aliphatic carbocycles. The molecule has 0 saturated carbocycles. The summed E-state index contributed by atoms with van der Waals surface area (Å²) in [6.45, 7) is 2.42. The third-order valence-electron chi connectivity index (χ3n) is 2.16. The van der Waals surface area contributed by atoms with E-state index in [0.717, 1.165) is 0 Å². The summed E-state index contributed by atoms with van der Waals surface area (Å²) in [5, 5.41) is 21.3. The van der Waals surface area contributed by atoms with Crippen LogP contribution in [0, 0.1) is 39.9 Å². The minimum atomic E-state index is -0.982. The van der Waals surface area contributed by atoms with Gasteiger partial charge in [0.1, 0.15) is 10.0 Å². The molecule has 0 heterocycles. The third kappa shape index (κ3) is 1.75. The highest BCUT2D eigenvalue weighted by Crippen LogP contribution is 2.39. The zero-order valence-corrected chi connectivity index (χ0v) is 9.87. The van der Waals surface area contributed by atoms with Crippen LogP contribution in [-0.2, 0) is 0 Å². The monoisotopic (exact) mass is 292 g/mol. The van der Waals surface area contributed by atoms with Gasteiger partial charge in [-0.25, -0.2) is 4.39 Å². The Morgan fingerprint density at radius 3 is 1.88 bits per heavy atom. The summed E-state index contributed by atoms with van der Waals surface area (Å²) in [5.74, 6) is -0.982. The SMILES string of the molecule is Cc1c(F)c(Br)c([N+](=O)[O-])c(C)c1[N+](=O)[O-]. The summed E-state index contributed by atoms with van der Waals surface area (Å²) in [6.07, 6.45) is 0. The predicted octanol–water partition coefficient (Wildman–Crippen LogP) is 3.02. The predicted molar refractivity (Wildman–Crippen MR) is 56.9 cm³/mol. The molecule has 1 rings (SSSR count). The number of nitrogens with zero attached hydrogens (tertiary/aromatic N) is 2. The van der Waals surface area contributed by atoms with Crippen LogP contribution < -0.4 is 0 Å². The van der Waals surface area contributed by atoms with Gasteiger partial charge in [0, 0.05) is 0 Å². The third-order valence-corrected chi connectivity index (χ3v) is 2.88. The van der Waals surface area contributed by atoms with Gasteiger partial charge in [-0.2, -0.15) is 0 Å². The van der Waals surface area contributed by atoms with Crippen molar-refractivity contribution in [3.8, 4) is 0 Å². The van der Waals surface area contributed by atoms with E-state index in [1.54, 1.807) is 0 Å². The summed E-state index contributed by atoms with van der Waals surface area (Å²) in [7, 11) is 0. The van der Waals surface area contributed by atoms with Crippen LogP contribution in [0.5, 0.6) is 0 Å². The lowest BCUT2D eigenvalue weighted by atomic mass is 10.1. The van der Waals surface area contributed by atoms with E-state index in [1.807, 2.05) is 0 Å². The second-order valence-corrected chi connectivity index (χ2v) is 3.88. The highest BCUT2D eigenvalue weighted by atomic mass is 79.9. The van der Waals surface area contributed by atoms with Crippen LogP contribution in [0.3, 0.4) is 0 Å². The molecule has 0 saturated heterocycles. The van der Waals surface area contributed by atoms with Gasteiger partial charge in [-0.1, -0.05) is 0 Å². The van der Waals surface area contributed by atoms with Gasteiger partial charge in [0.25, 0.3) is 11.4 Å². The van der Waals surface area contributed by atoms with Gasteiger partial charge in [0.05, 0.1) is 15.4 Å². The molecule has 0 fully saturated rings. The first-order valence-corrected chi connectivity index (χ1v) is 4.85. The summed E-state index contributed by atoms with van der Waals surface area (Å²) < 4.78 is 13.1. The first kappa shape index (κ1) is 12.5. The fourth-order valence-electron chi connectivity index (χ4n) is 1.42. The maximum Gasteiger partial charge on any atom is 0.296 e. The molecule has 1 aromatic carbocycles. The Bertz CT molecular complexity index is 462. The second kappa shape index (κ2) is 4.12. The summed E-state index contributed by atoms with van der Waals surface area (Å²) in [6, 6.07) is 0. The zero-order valence-electron chi connectivity index (χ0n) is 8.28. The Labute approximate surface area is 97.5 Å². The first-order valence-electron chi connectivity index (χ1n) is 4.06. The molecule has 0 spiro atoms. The van der Waals surface area contributed by atoms with Crippen LogP contribution in [0.15, 0.2) is 4.47 Å². The minimum Gasteiger partial charge on any atom is -0.258 e. The molecular formula is C8H6BrFN2O4. The Hall–Kier alpha value is -1.57. The van der Waals surface area contributed by atoms with E-state index in [1.165, 1.54) is 13.8 Å². The number of nitro benzene ring substituents is 2. The largest absolute Gasteiger partial charge is 0.296 e. The topological polar surface area (TPSA) is 86.3 Å². The highest BCUT2D eigenvalue weighted by Gasteiger charge is 2.31. The van der Waals surface area contributed by atoms with Crippen LogP contribution >= 0.6 is 15.9 Å². The Morgan fingerprint density at radius 1 is 1.06 bits per heavy atom. The van der Waals surface area contributed by atoms with Crippen molar-refractivity contribution in [2.75, 3.05) is 0 Å². The van der Waals surface area contributed by atoms with E-state index in [2.05, 4.69) is 15.9 Å². The van der Waals surface area contributed by atoms with Gasteiger partial charge >= 0.3 is 0 Å². The lowest BCUT2D eigenvalue weighted by Gasteiger charge is -2.06. The van der Waals surface area contributed by atoms with Crippen LogP contribution in [0.25, 0.3) is 0 Å². The molecule has 0 atom stereocenters. The smallest absolute Gasteiger partial charge is 0.258 e. The molecule has 8 heteroatoms. The van der Waals surface area contributed by atoms with E-state index < -0.39 is 27.0 Å². The Morgan fingerprint density at radius 2 is 1.50 bits per heavy atom. The normalized spacial score (nSPS) is 10.2. The average molecular weight is 293 g/mol. The molecule has 0 amide bonds. The molecule has 0 aliphatic rings. The van der Waals surface area contributed by atoms with E-state index >= 15 is 0 Å². The van der Waals surface area contributed by atoms with Crippen molar-refractivity contribution in [2.24, 2.45) is 0 Å². The fraction of sp³-hybridized carbons (Fsp3) is 0.250. The van der Waals surface area contributed by atoms with Crippen molar-refractivity contribution >= 4 is 27.3 Å². The van der Waals surface area contributed by atoms with Gasteiger partial charge in [0.15, 0.2) is 5.82 Å².